The highest BCUT2D eigenvalue weighted by molar-refractivity contribution is 6.24. The van der Waals surface area contributed by atoms with Crippen LogP contribution in [0, 0.1) is 39.5 Å². The first kappa shape index (κ1) is 24.1. The minimum absolute atomic E-state index is 0.172. The molecule has 0 amide bonds. The van der Waals surface area contributed by atoms with Crippen LogP contribution in [-0.2, 0) is 9.53 Å². The predicted molar refractivity (Wildman–Crippen MR) is 149 cm³/mol. The fourth-order valence-electron chi connectivity index (χ4n) is 6.12. The third-order valence-corrected chi connectivity index (χ3v) is 8.54. The summed E-state index contributed by atoms with van der Waals surface area (Å²) in [5.41, 5.74) is 12.0. The molecule has 5 heterocycles. The van der Waals surface area contributed by atoms with Gasteiger partial charge in [-0.2, -0.15) is 0 Å². The molecule has 0 saturated carbocycles. The molecule has 194 valence electrons. The Bertz CT molecular complexity index is 1770. The Morgan fingerprint density at radius 3 is 2.26 bits per heavy atom. The minimum Gasteiger partial charge on any atom is -0.468 e. The first-order valence-electron chi connectivity index (χ1n) is 12.9. The van der Waals surface area contributed by atoms with Gasteiger partial charge in [-0.05, 0) is 74.6 Å². The fourth-order valence-corrected chi connectivity index (χ4v) is 6.12. The van der Waals surface area contributed by atoms with Crippen molar-refractivity contribution in [3.05, 3.63) is 84.8 Å². The summed E-state index contributed by atoms with van der Waals surface area (Å²) in [6.45, 7) is 14.4. The van der Waals surface area contributed by atoms with Gasteiger partial charge in [-0.25, -0.2) is 0 Å². The zero-order chi connectivity index (χ0) is 27.0. The number of hydrogen-bond donors (Lipinski definition) is 4. The molecular weight excluding hydrogens is 476 g/mol. The summed E-state index contributed by atoms with van der Waals surface area (Å²) in [5.74, 6) is -1.57. The second-order valence-electron chi connectivity index (χ2n) is 10.6. The van der Waals surface area contributed by atoms with Gasteiger partial charge in [0.1, 0.15) is 5.92 Å². The molecule has 3 aliphatic rings. The lowest BCUT2D eigenvalue weighted by Crippen LogP contribution is -2.24. The maximum Gasteiger partial charge on any atom is 0.321 e. The SMILES string of the molecule is C=Cc1c2[nH]c(c1C)/C=C1\N/C(=C3\c4[nH]c(c(C)c4C(=O)[C@@H]3C(=O)OC)/C=c3\[nH]/c(c(C)c3C)=C\2)C[C@@H]1C. The number of H-pyrrole nitrogens is 3. The number of carbonyl (C=O) groups excluding carboxylic acids is 2. The van der Waals surface area contributed by atoms with Crippen molar-refractivity contribution < 1.29 is 14.3 Å². The third kappa shape index (κ3) is 3.27. The molecule has 8 bridgehead atoms. The Morgan fingerprint density at radius 1 is 0.947 bits per heavy atom. The van der Waals surface area contributed by atoms with E-state index in [1.54, 1.807) is 0 Å². The molecule has 3 aromatic rings. The van der Waals surface area contributed by atoms with Crippen LogP contribution < -0.4 is 16.0 Å². The van der Waals surface area contributed by atoms with Crippen molar-refractivity contribution in [2.75, 3.05) is 7.11 Å². The number of ketones is 1. The number of ether oxygens (including phenoxy) is 1. The molecule has 0 spiro atoms. The van der Waals surface area contributed by atoms with Gasteiger partial charge in [0.05, 0.1) is 12.8 Å². The van der Waals surface area contributed by atoms with E-state index in [1.165, 1.54) is 7.11 Å². The number of allylic oxidation sites excluding steroid dienone is 2. The molecule has 3 aromatic heterocycles. The normalized spacial score (nSPS) is 24.7. The molecule has 0 radical (unpaired) electrons. The lowest BCUT2D eigenvalue weighted by atomic mass is 9.95. The summed E-state index contributed by atoms with van der Waals surface area (Å²) >= 11 is 0. The Kier molecular flexibility index (Phi) is 5.31. The van der Waals surface area contributed by atoms with Gasteiger partial charge in [-0.3, -0.25) is 9.59 Å². The molecule has 2 atom stereocenters. The van der Waals surface area contributed by atoms with E-state index in [0.717, 1.165) is 67.0 Å². The van der Waals surface area contributed by atoms with Crippen molar-refractivity contribution in [3.8, 4) is 0 Å². The predicted octanol–water partition coefficient (Wildman–Crippen LogP) is 3.89. The summed E-state index contributed by atoms with van der Waals surface area (Å²) in [6.07, 6.45) is 8.90. The van der Waals surface area contributed by atoms with E-state index in [1.807, 2.05) is 13.0 Å². The summed E-state index contributed by atoms with van der Waals surface area (Å²) in [6, 6.07) is 0. The van der Waals surface area contributed by atoms with Crippen LogP contribution in [0.4, 0.5) is 0 Å². The minimum atomic E-state index is -0.983. The number of Topliss-reactive ketones (excluding diaryl/α,β-unsaturated/α-hetero) is 1. The number of methoxy groups -OCH3 is 1. The topological polar surface area (TPSA) is 103 Å². The zero-order valence-corrected chi connectivity index (χ0v) is 22.6. The van der Waals surface area contributed by atoms with Crippen LogP contribution in [0.2, 0.25) is 0 Å². The number of rotatable bonds is 2. The number of esters is 1. The maximum absolute atomic E-state index is 13.7. The third-order valence-electron chi connectivity index (χ3n) is 8.54. The monoisotopic (exact) mass is 508 g/mol. The lowest BCUT2D eigenvalue weighted by molar-refractivity contribution is -0.141. The van der Waals surface area contributed by atoms with Gasteiger partial charge in [0, 0.05) is 61.8 Å². The molecular formula is C31H32N4O3. The molecule has 7 nitrogen and oxygen atoms in total. The largest absolute Gasteiger partial charge is 0.468 e. The molecule has 2 aliphatic heterocycles. The molecule has 1 aliphatic carbocycles. The van der Waals surface area contributed by atoms with E-state index in [2.05, 4.69) is 72.8 Å². The van der Waals surface area contributed by atoms with Crippen molar-refractivity contribution in [2.45, 2.75) is 41.0 Å². The Hall–Kier alpha value is -4.26. The summed E-state index contributed by atoms with van der Waals surface area (Å²) in [5, 5.41) is 5.55. The highest BCUT2D eigenvalue weighted by atomic mass is 16.5. The number of aromatic nitrogens is 3. The van der Waals surface area contributed by atoms with Gasteiger partial charge < -0.3 is 25.0 Å². The second-order valence-corrected chi connectivity index (χ2v) is 10.6. The van der Waals surface area contributed by atoms with Gasteiger partial charge in [0.25, 0.3) is 0 Å². The summed E-state index contributed by atoms with van der Waals surface area (Å²) < 4.78 is 5.10. The van der Waals surface area contributed by atoms with Gasteiger partial charge in [-0.15, -0.1) is 0 Å². The number of nitrogens with one attached hydrogen (secondary N) is 4. The van der Waals surface area contributed by atoms with Crippen LogP contribution in [0.25, 0.3) is 29.9 Å². The molecule has 6 rings (SSSR count). The van der Waals surface area contributed by atoms with Crippen LogP contribution in [0.3, 0.4) is 0 Å². The van der Waals surface area contributed by atoms with Crippen molar-refractivity contribution in [1.82, 2.24) is 20.3 Å². The van der Waals surface area contributed by atoms with E-state index < -0.39 is 11.9 Å². The number of aromatic amines is 3. The Balaban J connectivity index is 1.72. The average molecular weight is 509 g/mol. The Labute approximate surface area is 221 Å². The van der Waals surface area contributed by atoms with Crippen molar-refractivity contribution in [3.63, 3.8) is 0 Å². The van der Waals surface area contributed by atoms with E-state index in [4.69, 9.17) is 4.74 Å². The number of hydrogen-bond acceptors (Lipinski definition) is 4. The van der Waals surface area contributed by atoms with Crippen LogP contribution >= 0.6 is 0 Å². The lowest BCUT2D eigenvalue weighted by Gasteiger charge is -2.13. The molecule has 4 N–H and O–H groups in total. The van der Waals surface area contributed by atoms with Gasteiger partial charge in [-0.1, -0.05) is 19.6 Å². The van der Waals surface area contributed by atoms with E-state index in [-0.39, 0.29) is 11.7 Å². The van der Waals surface area contributed by atoms with Crippen molar-refractivity contribution in [2.24, 2.45) is 11.8 Å². The summed E-state index contributed by atoms with van der Waals surface area (Å²) in [4.78, 5) is 37.3. The van der Waals surface area contributed by atoms with E-state index >= 15 is 0 Å². The first-order chi connectivity index (χ1) is 18.1. The molecule has 7 heteroatoms. The Morgan fingerprint density at radius 2 is 1.61 bits per heavy atom. The van der Waals surface area contributed by atoms with Gasteiger partial charge in [0.15, 0.2) is 5.78 Å². The first-order valence-corrected chi connectivity index (χ1v) is 12.9. The molecule has 38 heavy (non-hydrogen) atoms. The van der Waals surface area contributed by atoms with Crippen LogP contribution in [0.15, 0.2) is 18.0 Å². The zero-order valence-electron chi connectivity index (χ0n) is 22.6. The molecule has 0 unspecified atom stereocenters. The highest BCUT2D eigenvalue weighted by Gasteiger charge is 2.46. The number of carbonyl (C=O) groups is 2. The smallest absolute Gasteiger partial charge is 0.321 e. The average Bonchev–Trinajstić information content (AvgIpc) is 3.63. The van der Waals surface area contributed by atoms with Gasteiger partial charge >= 0.3 is 5.97 Å². The maximum atomic E-state index is 13.7. The van der Waals surface area contributed by atoms with E-state index in [9.17, 15) is 9.59 Å². The van der Waals surface area contributed by atoms with Crippen molar-refractivity contribution in [1.29, 1.82) is 0 Å². The van der Waals surface area contributed by atoms with E-state index in [0.29, 0.717) is 23.3 Å². The van der Waals surface area contributed by atoms with Crippen LogP contribution in [0.5, 0.6) is 0 Å². The van der Waals surface area contributed by atoms with Crippen LogP contribution in [-0.4, -0.2) is 33.8 Å². The van der Waals surface area contributed by atoms with Gasteiger partial charge in [0.2, 0.25) is 0 Å². The highest BCUT2D eigenvalue weighted by Crippen LogP contribution is 2.45. The summed E-state index contributed by atoms with van der Waals surface area (Å²) in [7, 11) is 1.33. The molecule has 1 fully saturated rings. The second kappa shape index (κ2) is 8.38. The number of fused-ring (bicyclic) bond motifs is 7. The quantitative estimate of drug-likeness (QED) is 0.312. The van der Waals surface area contributed by atoms with Crippen molar-refractivity contribution >= 4 is 41.6 Å². The fraction of sp³-hybridized carbons (Fsp3) is 0.290. The standard InChI is InChI=1S/C31H32N4O3/c1-8-18-16(5)22-10-19-13(2)9-25(32-19)27-28(31(37)38-7)30(36)26-17(6)23(35-29(26)27)11-20-14(3)15(4)21(33-20)12-24(18)34-22/h8,10-13,28,32-35H,1,9H2,2-7H3/b19-10-,20-11-,21-12-,27-25-/t13-,28+/m0/s1. The molecule has 1 saturated heterocycles. The van der Waals surface area contributed by atoms with Crippen LogP contribution in [0.1, 0.15) is 74.3 Å². The molecule has 0 aromatic carbocycles.